The van der Waals surface area contributed by atoms with Crippen molar-refractivity contribution in [2.75, 3.05) is 19.9 Å². The summed E-state index contributed by atoms with van der Waals surface area (Å²) >= 11 is 0. The molecule has 4 nitrogen and oxygen atoms in total. The third-order valence-electron chi connectivity index (χ3n) is 5.67. The molecule has 4 fully saturated rings. The van der Waals surface area contributed by atoms with Crippen molar-refractivity contribution in [1.29, 1.82) is 0 Å². The fraction of sp³-hybridized carbons (Fsp3) is 1.00. The maximum atomic E-state index is 6.13. The lowest BCUT2D eigenvalue weighted by Crippen LogP contribution is -2.57. The minimum absolute atomic E-state index is 0.129. The van der Waals surface area contributed by atoms with Crippen LogP contribution in [0.25, 0.3) is 0 Å². The standard InChI is InChI=1S/C13H21NO3/c1-11-4-9-5-12(9,7-10(6-11)15-8-14)13(11)16-2-3-17-13/h9-10H,2-8,14H2,1H3/t9?,10?,11-,12?/m1/s1. The van der Waals surface area contributed by atoms with E-state index in [1.54, 1.807) is 0 Å². The van der Waals surface area contributed by atoms with E-state index in [9.17, 15) is 0 Å². The Kier molecular flexibility index (Phi) is 1.92. The Bertz CT molecular complexity index is 345. The highest BCUT2D eigenvalue weighted by Gasteiger charge is 2.83. The normalized spacial score (nSPS) is 54.0. The van der Waals surface area contributed by atoms with Crippen LogP contribution in [0.5, 0.6) is 0 Å². The molecule has 2 bridgehead atoms. The lowest BCUT2D eigenvalue weighted by molar-refractivity contribution is -0.289. The Morgan fingerprint density at radius 3 is 2.59 bits per heavy atom. The Morgan fingerprint density at radius 1 is 1.18 bits per heavy atom. The molecule has 96 valence electrons. The molecule has 4 heteroatoms. The summed E-state index contributed by atoms with van der Waals surface area (Å²) in [4.78, 5) is 0. The van der Waals surface area contributed by atoms with E-state index < -0.39 is 0 Å². The van der Waals surface area contributed by atoms with Crippen LogP contribution in [-0.4, -0.2) is 31.8 Å². The molecule has 2 spiro atoms. The first-order valence-electron chi connectivity index (χ1n) is 6.75. The van der Waals surface area contributed by atoms with Crippen LogP contribution in [0.1, 0.15) is 32.6 Å². The molecular formula is C13H21NO3. The maximum Gasteiger partial charge on any atom is 0.179 e. The molecule has 0 aromatic heterocycles. The van der Waals surface area contributed by atoms with E-state index in [2.05, 4.69) is 6.92 Å². The van der Waals surface area contributed by atoms with Crippen molar-refractivity contribution in [2.45, 2.75) is 44.5 Å². The van der Waals surface area contributed by atoms with Crippen LogP contribution in [0, 0.1) is 16.7 Å². The molecule has 17 heavy (non-hydrogen) atoms. The van der Waals surface area contributed by atoms with Crippen LogP contribution in [0.3, 0.4) is 0 Å². The Labute approximate surface area is 102 Å². The van der Waals surface area contributed by atoms with Gasteiger partial charge in [0.2, 0.25) is 0 Å². The van der Waals surface area contributed by atoms with Gasteiger partial charge in [-0.25, -0.2) is 0 Å². The van der Waals surface area contributed by atoms with Crippen molar-refractivity contribution in [1.82, 2.24) is 0 Å². The monoisotopic (exact) mass is 239 g/mol. The van der Waals surface area contributed by atoms with Crippen LogP contribution < -0.4 is 5.73 Å². The summed E-state index contributed by atoms with van der Waals surface area (Å²) < 4.78 is 18.0. The second-order valence-corrected chi connectivity index (χ2v) is 6.50. The molecular weight excluding hydrogens is 218 g/mol. The van der Waals surface area contributed by atoms with E-state index in [1.807, 2.05) is 0 Å². The van der Waals surface area contributed by atoms with Gasteiger partial charge in [0.1, 0.15) is 0 Å². The third-order valence-corrected chi connectivity index (χ3v) is 5.67. The van der Waals surface area contributed by atoms with E-state index >= 15 is 0 Å². The molecule has 3 aliphatic carbocycles. The first-order chi connectivity index (χ1) is 8.16. The lowest BCUT2D eigenvalue weighted by atomic mass is 9.66. The van der Waals surface area contributed by atoms with Gasteiger partial charge in [-0.05, 0) is 31.6 Å². The average molecular weight is 239 g/mol. The number of hydrogen-bond acceptors (Lipinski definition) is 4. The molecule has 1 heterocycles. The molecule has 4 aliphatic rings. The Hall–Kier alpha value is -0.160. The van der Waals surface area contributed by atoms with E-state index in [0.717, 1.165) is 32.0 Å². The van der Waals surface area contributed by atoms with Crippen LogP contribution in [0.2, 0.25) is 0 Å². The van der Waals surface area contributed by atoms with Crippen molar-refractivity contribution < 1.29 is 14.2 Å². The van der Waals surface area contributed by atoms with E-state index in [-0.39, 0.29) is 16.6 Å². The van der Waals surface area contributed by atoms with Gasteiger partial charge < -0.3 is 19.9 Å². The summed E-state index contributed by atoms with van der Waals surface area (Å²) in [7, 11) is 0. The van der Waals surface area contributed by atoms with Gasteiger partial charge >= 0.3 is 0 Å². The second kappa shape index (κ2) is 3.05. The van der Waals surface area contributed by atoms with Crippen molar-refractivity contribution in [3.05, 3.63) is 0 Å². The number of rotatable bonds is 2. The molecule has 0 aromatic rings. The summed E-state index contributed by atoms with van der Waals surface area (Å²) in [5.41, 5.74) is 5.91. The zero-order valence-corrected chi connectivity index (χ0v) is 10.4. The van der Waals surface area contributed by atoms with Gasteiger partial charge in [0.15, 0.2) is 5.79 Å². The highest BCUT2D eigenvalue weighted by Crippen LogP contribution is 2.81. The first kappa shape index (κ1) is 10.7. The Morgan fingerprint density at radius 2 is 1.94 bits per heavy atom. The highest BCUT2D eigenvalue weighted by atomic mass is 16.7. The number of hydrogen-bond donors (Lipinski definition) is 1. The predicted molar refractivity (Wildman–Crippen MR) is 61.1 cm³/mol. The number of ether oxygens (including phenoxy) is 3. The Balaban J connectivity index is 1.71. The topological polar surface area (TPSA) is 53.7 Å². The van der Waals surface area contributed by atoms with Crippen LogP contribution in [0.15, 0.2) is 0 Å². The van der Waals surface area contributed by atoms with Gasteiger partial charge in [-0.2, -0.15) is 0 Å². The molecule has 4 atom stereocenters. The van der Waals surface area contributed by atoms with E-state index in [4.69, 9.17) is 19.9 Å². The molecule has 0 amide bonds. The van der Waals surface area contributed by atoms with E-state index in [1.165, 1.54) is 12.8 Å². The fourth-order valence-corrected chi connectivity index (χ4v) is 5.22. The van der Waals surface area contributed by atoms with Crippen molar-refractivity contribution in [2.24, 2.45) is 22.5 Å². The van der Waals surface area contributed by atoms with Gasteiger partial charge in [0.25, 0.3) is 0 Å². The summed E-state index contributed by atoms with van der Waals surface area (Å²) in [5.74, 6) is 0.496. The summed E-state index contributed by atoms with van der Waals surface area (Å²) in [6, 6.07) is 0. The first-order valence-corrected chi connectivity index (χ1v) is 6.75. The minimum atomic E-state index is -0.293. The summed E-state index contributed by atoms with van der Waals surface area (Å²) in [5, 5.41) is 0. The zero-order chi connectivity index (χ0) is 11.7. The second-order valence-electron chi connectivity index (χ2n) is 6.50. The minimum Gasteiger partial charge on any atom is -0.363 e. The average Bonchev–Trinajstić information content (AvgIpc) is 2.72. The molecule has 0 aromatic carbocycles. The van der Waals surface area contributed by atoms with Gasteiger partial charge in [-0.1, -0.05) is 6.92 Å². The summed E-state index contributed by atoms with van der Waals surface area (Å²) in [6.07, 6.45) is 4.90. The van der Waals surface area contributed by atoms with Gasteiger partial charge in [0.05, 0.1) is 26.0 Å². The van der Waals surface area contributed by atoms with E-state index in [0.29, 0.717) is 12.8 Å². The third kappa shape index (κ3) is 1.05. The quantitative estimate of drug-likeness (QED) is 0.737. The smallest absolute Gasteiger partial charge is 0.179 e. The van der Waals surface area contributed by atoms with Crippen LogP contribution >= 0.6 is 0 Å². The molecule has 2 N–H and O–H groups in total. The number of nitrogens with two attached hydrogens (primary N) is 1. The molecule has 1 aliphatic heterocycles. The van der Waals surface area contributed by atoms with Gasteiger partial charge in [-0.15, -0.1) is 0 Å². The largest absolute Gasteiger partial charge is 0.363 e. The van der Waals surface area contributed by atoms with Crippen LogP contribution in [-0.2, 0) is 14.2 Å². The van der Waals surface area contributed by atoms with Crippen molar-refractivity contribution in [3.8, 4) is 0 Å². The molecule has 1 saturated heterocycles. The predicted octanol–water partition coefficient (Wildman–Crippen LogP) is 1.24. The SMILES string of the molecule is C[C@]12CC(OCN)CC3(CC3C1)C21OCCO1. The zero-order valence-electron chi connectivity index (χ0n) is 10.4. The molecule has 4 rings (SSSR count). The highest BCUT2D eigenvalue weighted by molar-refractivity contribution is 5.27. The van der Waals surface area contributed by atoms with Gasteiger partial charge in [-0.3, -0.25) is 0 Å². The van der Waals surface area contributed by atoms with Crippen LogP contribution in [0.4, 0.5) is 0 Å². The van der Waals surface area contributed by atoms with Gasteiger partial charge in [0, 0.05) is 10.8 Å². The van der Waals surface area contributed by atoms with Crippen molar-refractivity contribution in [3.63, 3.8) is 0 Å². The molecule has 0 radical (unpaired) electrons. The lowest BCUT2D eigenvalue weighted by Gasteiger charge is -2.51. The van der Waals surface area contributed by atoms with Crippen molar-refractivity contribution >= 4 is 0 Å². The molecule has 3 saturated carbocycles. The summed E-state index contributed by atoms with van der Waals surface area (Å²) in [6.45, 7) is 4.16. The fourth-order valence-electron chi connectivity index (χ4n) is 5.22. The maximum absolute atomic E-state index is 6.13. The molecule has 3 unspecified atom stereocenters.